The van der Waals surface area contributed by atoms with Crippen molar-refractivity contribution in [2.45, 2.75) is 57.4 Å². The highest BCUT2D eigenvalue weighted by molar-refractivity contribution is 14.1. The van der Waals surface area contributed by atoms with E-state index in [4.69, 9.17) is 4.74 Å². The van der Waals surface area contributed by atoms with Crippen LogP contribution in [0.25, 0.3) is 0 Å². The maximum Gasteiger partial charge on any atom is 0.260 e. The summed E-state index contributed by atoms with van der Waals surface area (Å²) in [6.45, 7) is 7.54. The molecule has 6 atom stereocenters. The quantitative estimate of drug-likeness (QED) is 0.184. The lowest BCUT2D eigenvalue weighted by atomic mass is 9.49. The lowest BCUT2D eigenvalue weighted by molar-refractivity contribution is -0.146. The van der Waals surface area contributed by atoms with Gasteiger partial charge in [-0.15, -0.1) is 0 Å². The molecule has 2 aliphatic carbocycles. The van der Waals surface area contributed by atoms with Gasteiger partial charge in [-0.05, 0) is 104 Å². The molecule has 48 heavy (non-hydrogen) atoms. The van der Waals surface area contributed by atoms with E-state index in [2.05, 4.69) is 5.43 Å². The zero-order valence-electron chi connectivity index (χ0n) is 27.5. The number of hydrogen-bond donors (Lipinski definition) is 2. The second kappa shape index (κ2) is 11.5. The number of halogens is 1. The van der Waals surface area contributed by atoms with Crippen LogP contribution in [0.5, 0.6) is 11.5 Å². The van der Waals surface area contributed by atoms with Crippen molar-refractivity contribution in [3.8, 4) is 11.5 Å². The van der Waals surface area contributed by atoms with Crippen LogP contribution in [0, 0.1) is 34.2 Å². The van der Waals surface area contributed by atoms with Gasteiger partial charge in [0.15, 0.2) is 11.5 Å². The molecule has 3 aromatic rings. The third kappa shape index (κ3) is 4.62. The lowest BCUT2D eigenvalue weighted by Crippen LogP contribution is -2.53. The Kier molecular flexibility index (Phi) is 7.73. The predicted molar refractivity (Wildman–Crippen MR) is 188 cm³/mol. The molecule has 2 aliphatic heterocycles. The minimum Gasteiger partial charge on any atom is -0.504 e. The third-order valence-corrected chi connectivity index (χ3v) is 11.5. The van der Waals surface area contributed by atoms with E-state index in [0.717, 1.165) is 16.1 Å². The fourth-order valence-corrected chi connectivity index (χ4v) is 9.32. The number of nitrogens with zero attached hydrogens (tertiary/aromatic N) is 2. The maximum atomic E-state index is 15.2. The molecule has 0 aromatic heterocycles. The van der Waals surface area contributed by atoms with Gasteiger partial charge in [-0.1, -0.05) is 59.7 Å². The van der Waals surface area contributed by atoms with Crippen molar-refractivity contribution in [1.82, 2.24) is 9.91 Å². The maximum absolute atomic E-state index is 15.2. The molecule has 3 aromatic carbocycles. The smallest absolute Gasteiger partial charge is 0.260 e. The summed E-state index contributed by atoms with van der Waals surface area (Å²) < 4.78 is 6.12. The number of rotatable bonds is 5. The first-order valence-electron chi connectivity index (χ1n) is 16.2. The van der Waals surface area contributed by atoms with Crippen molar-refractivity contribution in [2.75, 3.05) is 12.5 Å². The van der Waals surface area contributed by atoms with E-state index in [1.54, 1.807) is 6.07 Å². The molecule has 2 N–H and O–H groups in total. The Labute approximate surface area is 293 Å². The van der Waals surface area contributed by atoms with Gasteiger partial charge in [0.25, 0.3) is 11.8 Å². The van der Waals surface area contributed by atoms with Crippen molar-refractivity contribution in [3.05, 3.63) is 98.6 Å². The van der Waals surface area contributed by atoms with E-state index < -0.39 is 46.5 Å². The Balaban J connectivity index is 1.48. The van der Waals surface area contributed by atoms with Crippen molar-refractivity contribution in [3.63, 3.8) is 0 Å². The Hall–Kier alpha value is -4.19. The van der Waals surface area contributed by atoms with Crippen LogP contribution in [-0.4, -0.2) is 51.3 Å². The van der Waals surface area contributed by atoms with Crippen LogP contribution in [0.15, 0.2) is 78.4 Å². The van der Waals surface area contributed by atoms with Crippen LogP contribution in [0.3, 0.4) is 0 Å². The molecule has 7 rings (SSSR count). The average Bonchev–Trinajstić information content (AvgIpc) is 3.45. The van der Waals surface area contributed by atoms with Gasteiger partial charge in [-0.2, -0.15) is 5.01 Å². The van der Waals surface area contributed by atoms with Crippen LogP contribution < -0.4 is 10.2 Å². The van der Waals surface area contributed by atoms with E-state index in [1.165, 1.54) is 12.0 Å². The van der Waals surface area contributed by atoms with E-state index in [9.17, 15) is 19.5 Å². The van der Waals surface area contributed by atoms with Crippen molar-refractivity contribution in [1.29, 1.82) is 0 Å². The number of hydrazine groups is 1. The summed E-state index contributed by atoms with van der Waals surface area (Å²) in [6.07, 6.45) is 2.60. The second-order valence-electron chi connectivity index (χ2n) is 14.3. The molecule has 4 amide bonds. The highest BCUT2D eigenvalue weighted by Crippen LogP contribution is 2.64. The molecule has 0 radical (unpaired) electrons. The summed E-state index contributed by atoms with van der Waals surface area (Å²) in [6, 6.07) is 20.4. The van der Waals surface area contributed by atoms with Crippen LogP contribution >= 0.6 is 22.6 Å². The van der Waals surface area contributed by atoms with Crippen molar-refractivity contribution in [2.24, 2.45) is 23.7 Å². The summed E-state index contributed by atoms with van der Waals surface area (Å²) in [5, 5.41) is 12.0. The number of anilines is 1. The Bertz CT molecular complexity index is 1880. The van der Waals surface area contributed by atoms with Crippen LogP contribution in [-0.2, 0) is 24.6 Å². The largest absolute Gasteiger partial charge is 0.504 e. The van der Waals surface area contributed by atoms with E-state index in [-0.39, 0.29) is 35.6 Å². The van der Waals surface area contributed by atoms with E-state index in [0.29, 0.717) is 26.8 Å². The number of ether oxygens (including phenoxy) is 1. The SMILES string of the molecule is COc1cc(C2C3=CCC4C(=O)N(C(C)(C)C)C(=O)C4C3CC3C(=O)N(Nc4ccc(C)cc4)C(=O)C32c2ccccc2)cc(I)c1O. The fourth-order valence-electron chi connectivity index (χ4n) is 8.70. The zero-order chi connectivity index (χ0) is 34.3. The number of methoxy groups -OCH3 is 1. The van der Waals surface area contributed by atoms with Crippen LogP contribution in [0.2, 0.25) is 0 Å². The number of phenols is 1. The van der Waals surface area contributed by atoms with E-state index in [1.807, 2.05) is 117 Å². The number of carbonyl (C=O) groups is 4. The van der Waals surface area contributed by atoms with E-state index >= 15 is 4.79 Å². The molecule has 9 nitrogen and oxygen atoms in total. The first-order valence-corrected chi connectivity index (χ1v) is 17.3. The number of fused-ring (bicyclic) bond motifs is 4. The number of benzene rings is 3. The predicted octanol–water partition coefficient (Wildman–Crippen LogP) is 6.10. The number of nitrogens with one attached hydrogen (secondary N) is 1. The van der Waals surface area contributed by atoms with Gasteiger partial charge in [0.2, 0.25) is 11.8 Å². The number of allylic oxidation sites excluding steroid dienone is 2. The lowest BCUT2D eigenvalue weighted by Gasteiger charge is -2.50. The standard InChI is InChI=1S/C38H38IN3O6/c1-20-11-13-23(14-12-20)40-42-34(45)27-19-26-24(15-16-25-30(26)35(46)41(33(25)44)37(2,3)4)31(21-17-28(39)32(43)29(18-21)48-5)38(27,36(42)47)22-9-7-6-8-10-22/h6-15,17-18,25-27,30-31,40,43H,16,19H2,1-5H3. The molecule has 6 unspecified atom stereocenters. The van der Waals surface area contributed by atoms with Gasteiger partial charge in [0.05, 0.1) is 39.5 Å². The van der Waals surface area contributed by atoms with Crippen molar-refractivity contribution >= 4 is 51.9 Å². The Morgan fingerprint density at radius 2 is 1.62 bits per heavy atom. The Morgan fingerprint density at radius 3 is 2.27 bits per heavy atom. The van der Waals surface area contributed by atoms with Gasteiger partial charge in [-0.3, -0.25) is 29.5 Å². The van der Waals surface area contributed by atoms with Gasteiger partial charge in [0.1, 0.15) is 0 Å². The highest BCUT2D eigenvalue weighted by atomic mass is 127. The number of hydrogen-bond acceptors (Lipinski definition) is 7. The van der Waals surface area contributed by atoms with Crippen molar-refractivity contribution < 1.29 is 29.0 Å². The summed E-state index contributed by atoms with van der Waals surface area (Å²) in [4.78, 5) is 59.4. The molecule has 2 saturated heterocycles. The molecule has 1 saturated carbocycles. The number of imide groups is 2. The molecule has 4 aliphatic rings. The van der Waals surface area contributed by atoms with Crippen LogP contribution in [0.1, 0.15) is 56.2 Å². The van der Waals surface area contributed by atoms with Gasteiger partial charge in [0, 0.05) is 11.5 Å². The summed E-state index contributed by atoms with van der Waals surface area (Å²) in [5.41, 5.74) is 4.87. The molecule has 2 heterocycles. The fraction of sp³-hybridized carbons (Fsp3) is 0.368. The highest BCUT2D eigenvalue weighted by Gasteiger charge is 2.70. The number of aromatic hydroxyl groups is 1. The monoisotopic (exact) mass is 759 g/mol. The zero-order valence-corrected chi connectivity index (χ0v) is 29.6. The molecule has 10 heteroatoms. The summed E-state index contributed by atoms with van der Waals surface area (Å²) in [7, 11) is 1.47. The summed E-state index contributed by atoms with van der Waals surface area (Å²) in [5.74, 6) is -4.23. The molecular weight excluding hydrogens is 721 g/mol. The number of phenolic OH excluding ortho intramolecular Hbond substituents is 1. The van der Waals surface area contributed by atoms with Gasteiger partial charge in [-0.25, -0.2) is 0 Å². The Morgan fingerprint density at radius 1 is 0.938 bits per heavy atom. The normalized spacial score (nSPS) is 28.2. The third-order valence-electron chi connectivity index (χ3n) is 10.7. The first-order chi connectivity index (χ1) is 22.8. The minimum atomic E-state index is -1.40. The first kappa shape index (κ1) is 32.4. The average molecular weight is 760 g/mol. The second-order valence-corrected chi connectivity index (χ2v) is 15.5. The van der Waals surface area contributed by atoms with Gasteiger partial charge >= 0.3 is 0 Å². The number of aryl methyl sites for hydroxylation is 1. The molecule has 3 fully saturated rings. The van der Waals surface area contributed by atoms with Crippen LogP contribution in [0.4, 0.5) is 5.69 Å². The van der Waals surface area contributed by atoms with Gasteiger partial charge < -0.3 is 9.84 Å². The molecule has 0 spiro atoms. The topological polar surface area (TPSA) is 116 Å². The molecule has 0 bridgehead atoms. The number of likely N-dealkylation sites (tertiary alicyclic amines) is 1. The summed E-state index contributed by atoms with van der Waals surface area (Å²) >= 11 is 2.05. The number of amides is 4. The number of carbonyl (C=O) groups excluding carboxylic acids is 4. The molecular formula is C38H38IN3O6. The minimum absolute atomic E-state index is 0.0221. The molecule has 248 valence electrons.